The molecule has 1 amide bonds. The number of likely N-dealkylation sites (tertiary alicyclic amines) is 1. The minimum atomic E-state index is -0.809. The first-order valence-corrected chi connectivity index (χ1v) is 9.82. The van der Waals surface area contributed by atoms with Gasteiger partial charge >= 0.3 is 5.97 Å². The highest BCUT2D eigenvalue weighted by atomic mass is 16.5. The van der Waals surface area contributed by atoms with Gasteiger partial charge in [0.2, 0.25) is 0 Å². The topological polar surface area (TPSA) is 55.8 Å². The van der Waals surface area contributed by atoms with Crippen molar-refractivity contribution in [3.8, 4) is 11.5 Å². The minimum Gasteiger partial charge on any atom is -0.457 e. The van der Waals surface area contributed by atoms with Gasteiger partial charge in [-0.1, -0.05) is 18.2 Å². The lowest BCUT2D eigenvalue weighted by Gasteiger charge is -2.40. The maximum atomic E-state index is 12.8. The van der Waals surface area contributed by atoms with E-state index in [1.165, 1.54) is 0 Å². The zero-order valence-corrected chi connectivity index (χ0v) is 16.6. The largest absolute Gasteiger partial charge is 0.457 e. The lowest BCUT2D eigenvalue weighted by Crippen LogP contribution is -2.51. The van der Waals surface area contributed by atoms with E-state index in [0.29, 0.717) is 11.3 Å². The molecule has 0 radical (unpaired) electrons. The summed E-state index contributed by atoms with van der Waals surface area (Å²) in [6, 6.07) is 16.5. The highest BCUT2D eigenvalue weighted by molar-refractivity contribution is 5.92. The molecule has 148 valence electrons. The van der Waals surface area contributed by atoms with Gasteiger partial charge in [0.1, 0.15) is 11.5 Å². The number of esters is 1. The molecule has 28 heavy (non-hydrogen) atoms. The van der Waals surface area contributed by atoms with Crippen LogP contribution in [0.25, 0.3) is 0 Å². The molecule has 2 aromatic rings. The molecule has 0 spiro atoms. The molecule has 5 heteroatoms. The second-order valence-corrected chi connectivity index (χ2v) is 7.36. The fraction of sp³-hybridized carbons (Fsp3) is 0.391. The number of hydrogen-bond donors (Lipinski definition) is 0. The molecule has 0 aliphatic carbocycles. The smallest absolute Gasteiger partial charge is 0.338 e. The molecule has 0 N–H and O–H groups in total. The molecule has 1 saturated heterocycles. The maximum absolute atomic E-state index is 12.8. The molecular formula is C23H27NO4. The normalized spacial score (nSPS) is 20.3. The highest BCUT2D eigenvalue weighted by Gasteiger charge is 2.33. The Balaban J connectivity index is 1.60. The summed E-state index contributed by atoms with van der Waals surface area (Å²) in [5, 5.41) is 0. The third-order valence-electron chi connectivity index (χ3n) is 5.15. The molecule has 0 saturated carbocycles. The summed E-state index contributed by atoms with van der Waals surface area (Å²) in [7, 11) is 0. The zero-order valence-electron chi connectivity index (χ0n) is 16.6. The molecule has 1 aliphatic heterocycles. The van der Waals surface area contributed by atoms with Crippen LogP contribution in [0.1, 0.15) is 50.4 Å². The van der Waals surface area contributed by atoms with Crippen molar-refractivity contribution in [2.45, 2.75) is 58.2 Å². The number of amides is 1. The zero-order chi connectivity index (χ0) is 20.1. The van der Waals surface area contributed by atoms with Crippen molar-refractivity contribution in [1.82, 2.24) is 4.90 Å². The monoisotopic (exact) mass is 381 g/mol. The van der Waals surface area contributed by atoms with Crippen LogP contribution in [-0.2, 0) is 9.53 Å². The number of hydrogen-bond acceptors (Lipinski definition) is 4. The highest BCUT2D eigenvalue weighted by Crippen LogP contribution is 2.24. The van der Waals surface area contributed by atoms with Gasteiger partial charge in [-0.15, -0.1) is 0 Å². The second-order valence-electron chi connectivity index (χ2n) is 7.36. The van der Waals surface area contributed by atoms with Crippen molar-refractivity contribution in [2.24, 2.45) is 0 Å². The molecule has 0 unspecified atom stereocenters. The summed E-state index contributed by atoms with van der Waals surface area (Å²) < 4.78 is 11.2. The fourth-order valence-electron chi connectivity index (χ4n) is 3.63. The predicted octanol–water partition coefficient (Wildman–Crippen LogP) is 4.81. The molecule has 5 nitrogen and oxygen atoms in total. The van der Waals surface area contributed by atoms with Crippen LogP contribution in [0.3, 0.4) is 0 Å². The maximum Gasteiger partial charge on any atom is 0.338 e. The Morgan fingerprint density at radius 1 is 0.929 bits per heavy atom. The molecule has 1 fully saturated rings. The van der Waals surface area contributed by atoms with E-state index in [1.54, 1.807) is 31.2 Å². The third-order valence-corrected chi connectivity index (χ3v) is 5.15. The van der Waals surface area contributed by atoms with Crippen LogP contribution in [0.4, 0.5) is 0 Å². The number of nitrogens with zero attached hydrogens (tertiary/aromatic N) is 1. The van der Waals surface area contributed by atoms with E-state index < -0.39 is 12.1 Å². The molecule has 3 rings (SSSR count). The van der Waals surface area contributed by atoms with E-state index >= 15 is 0 Å². The summed E-state index contributed by atoms with van der Waals surface area (Å²) in [4.78, 5) is 27.1. The van der Waals surface area contributed by atoms with E-state index in [1.807, 2.05) is 49.1 Å². The summed E-state index contributed by atoms with van der Waals surface area (Å²) in [5.41, 5.74) is 0.389. The Labute approximate surface area is 166 Å². The van der Waals surface area contributed by atoms with Gasteiger partial charge in [-0.25, -0.2) is 4.79 Å². The van der Waals surface area contributed by atoms with Gasteiger partial charge in [-0.2, -0.15) is 0 Å². The lowest BCUT2D eigenvalue weighted by molar-refractivity contribution is -0.146. The number of piperidine rings is 1. The van der Waals surface area contributed by atoms with Gasteiger partial charge in [-0.3, -0.25) is 4.79 Å². The Hall–Kier alpha value is -2.82. The summed E-state index contributed by atoms with van der Waals surface area (Å²) in [6.45, 7) is 5.74. The number of para-hydroxylation sites is 1. The molecule has 2 aromatic carbocycles. The Bertz CT molecular complexity index is 793. The molecule has 1 aliphatic rings. The number of benzene rings is 2. The van der Waals surface area contributed by atoms with Crippen LogP contribution in [0.15, 0.2) is 54.6 Å². The summed E-state index contributed by atoms with van der Waals surface area (Å²) in [6.07, 6.45) is 2.28. The van der Waals surface area contributed by atoms with Crippen LogP contribution >= 0.6 is 0 Å². The van der Waals surface area contributed by atoms with Gasteiger partial charge < -0.3 is 14.4 Å². The average Bonchev–Trinajstić information content (AvgIpc) is 2.69. The second kappa shape index (κ2) is 8.91. The Morgan fingerprint density at radius 2 is 1.50 bits per heavy atom. The van der Waals surface area contributed by atoms with Gasteiger partial charge in [0.05, 0.1) is 5.56 Å². The minimum absolute atomic E-state index is 0.128. The van der Waals surface area contributed by atoms with Gasteiger partial charge in [0.15, 0.2) is 6.10 Å². The van der Waals surface area contributed by atoms with Crippen LogP contribution in [0.5, 0.6) is 11.5 Å². The standard InChI is InChI=1S/C23H27NO4/c1-16-8-7-9-17(2)24(16)22(25)18(3)27-23(26)19-12-14-21(15-13-19)28-20-10-5-4-6-11-20/h4-6,10-18H,7-9H2,1-3H3/t16-,17+,18-/m1/s1. The van der Waals surface area contributed by atoms with E-state index in [9.17, 15) is 9.59 Å². The first kappa shape index (κ1) is 19.9. The Kier molecular flexibility index (Phi) is 6.34. The SMILES string of the molecule is C[C@@H]1CCC[C@H](C)N1C(=O)[C@@H](C)OC(=O)c1ccc(Oc2ccccc2)cc1. The van der Waals surface area contributed by atoms with Crippen molar-refractivity contribution < 1.29 is 19.1 Å². The number of carbonyl (C=O) groups is 2. The molecule has 0 aromatic heterocycles. The third kappa shape index (κ3) is 4.71. The van der Waals surface area contributed by atoms with Crippen molar-refractivity contribution in [2.75, 3.05) is 0 Å². The van der Waals surface area contributed by atoms with Gasteiger partial charge in [0.25, 0.3) is 5.91 Å². The quantitative estimate of drug-likeness (QED) is 0.697. The van der Waals surface area contributed by atoms with Gasteiger partial charge in [-0.05, 0) is 76.4 Å². The van der Waals surface area contributed by atoms with E-state index in [4.69, 9.17) is 9.47 Å². The van der Waals surface area contributed by atoms with Gasteiger partial charge in [0, 0.05) is 12.1 Å². The van der Waals surface area contributed by atoms with E-state index in [2.05, 4.69) is 0 Å². The van der Waals surface area contributed by atoms with Crippen molar-refractivity contribution in [1.29, 1.82) is 0 Å². The molecule has 0 bridgehead atoms. The molecule has 1 heterocycles. The number of carbonyl (C=O) groups excluding carboxylic acids is 2. The van der Waals surface area contributed by atoms with Crippen molar-refractivity contribution in [3.05, 3.63) is 60.2 Å². The first-order valence-electron chi connectivity index (χ1n) is 9.82. The van der Waals surface area contributed by atoms with Crippen LogP contribution < -0.4 is 4.74 Å². The predicted molar refractivity (Wildman–Crippen MR) is 107 cm³/mol. The lowest BCUT2D eigenvalue weighted by atomic mass is 9.97. The Morgan fingerprint density at radius 3 is 2.11 bits per heavy atom. The van der Waals surface area contributed by atoms with Crippen LogP contribution in [0, 0.1) is 0 Å². The number of rotatable bonds is 5. The molecular weight excluding hydrogens is 354 g/mol. The van der Waals surface area contributed by atoms with Crippen LogP contribution in [0.2, 0.25) is 0 Å². The van der Waals surface area contributed by atoms with E-state index in [-0.39, 0.29) is 18.0 Å². The van der Waals surface area contributed by atoms with Crippen molar-refractivity contribution >= 4 is 11.9 Å². The first-order chi connectivity index (χ1) is 13.5. The van der Waals surface area contributed by atoms with Crippen molar-refractivity contribution in [3.63, 3.8) is 0 Å². The van der Waals surface area contributed by atoms with Crippen LogP contribution in [-0.4, -0.2) is 35.0 Å². The molecule has 3 atom stereocenters. The number of ether oxygens (including phenoxy) is 2. The fourth-order valence-corrected chi connectivity index (χ4v) is 3.63. The average molecular weight is 381 g/mol. The van der Waals surface area contributed by atoms with E-state index in [0.717, 1.165) is 25.0 Å². The summed E-state index contributed by atoms with van der Waals surface area (Å²) >= 11 is 0. The summed E-state index contributed by atoms with van der Waals surface area (Å²) in [5.74, 6) is 0.714.